The van der Waals surface area contributed by atoms with Crippen LogP contribution < -0.4 is 5.32 Å². The zero-order valence-corrected chi connectivity index (χ0v) is 12.8. The molecular weight excluding hydrogens is 294 g/mol. The normalized spacial score (nSPS) is 10.3. The number of aryl methyl sites for hydroxylation is 1. The molecule has 0 fully saturated rings. The van der Waals surface area contributed by atoms with Gasteiger partial charge in [-0.05, 0) is 24.3 Å². The van der Waals surface area contributed by atoms with Gasteiger partial charge in [0.2, 0.25) is 5.91 Å². The van der Waals surface area contributed by atoms with Crippen LogP contribution in [0, 0.1) is 0 Å². The molecule has 2 aromatic rings. The average Bonchev–Trinajstić information content (AvgIpc) is 2.39. The number of anilines is 1. The summed E-state index contributed by atoms with van der Waals surface area (Å²) in [7, 11) is 0. The van der Waals surface area contributed by atoms with E-state index in [1.807, 2.05) is 31.2 Å². The van der Waals surface area contributed by atoms with Crippen molar-refractivity contribution < 1.29 is 4.79 Å². The zero-order valence-electron chi connectivity index (χ0n) is 11.2. The maximum atomic E-state index is 10.9. The molecule has 0 unspecified atom stereocenters. The summed E-state index contributed by atoms with van der Waals surface area (Å²) in [6, 6.07) is 9.31. The molecule has 2 rings (SSSR count). The van der Waals surface area contributed by atoms with Crippen LogP contribution in [-0.2, 0) is 11.2 Å². The van der Waals surface area contributed by atoms with Gasteiger partial charge in [-0.25, -0.2) is 9.97 Å². The number of nitrogens with one attached hydrogen (secondary N) is 1. The third kappa shape index (κ3) is 4.21. The molecule has 104 valence electrons. The average molecular weight is 308 g/mol. The van der Waals surface area contributed by atoms with E-state index in [4.69, 9.17) is 11.6 Å². The number of amides is 1. The highest BCUT2D eigenvalue weighted by Gasteiger charge is 2.04. The number of hydrogen-bond acceptors (Lipinski definition) is 4. The van der Waals surface area contributed by atoms with Crippen molar-refractivity contribution in [3.63, 3.8) is 0 Å². The lowest BCUT2D eigenvalue weighted by Crippen LogP contribution is -2.05. The summed E-state index contributed by atoms with van der Waals surface area (Å²) >= 11 is 7.48. The molecule has 0 spiro atoms. The van der Waals surface area contributed by atoms with E-state index in [1.165, 1.54) is 18.7 Å². The summed E-state index contributed by atoms with van der Waals surface area (Å²) in [5.41, 5.74) is 0.775. The molecule has 0 saturated carbocycles. The smallest absolute Gasteiger partial charge is 0.221 e. The van der Waals surface area contributed by atoms with E-state index in [1.54, 1.807) is 6.07 Å². The molecule has 0 saturated heterocycles. The Bertz CT molecular complexity index is 616. The first kappa shape index (κ1) is 14.8. The Labute approximate surface area is 127 Å². The van der Waals surface area contributed by atoms with E-state index in [-0.39, 0.29) is 5.91 Å². The molecule has 20 heavy (non-hydrogen) atoms. The Morgan fingerprint density at radius 3 is 2.60 bits per heavy atom. The first-order valence-corrected chi connectivity index (χ1v) is 7.35. The molecule has 0 aliphatic heterocycles. The summed E-state index contributed by atoms with van der Waals surface area (Å²) in [5.74, 6) is 0.649. The largest absolute Gasteiger partial charge is 0.326 e. The summed E-state index contributed by atoms with van der Waals surface area (Å²) in [6.07, 6.45) is 0.746. The quantitative estimate of drug-likeness (QED) is 0.873. The third-order valence-electron chi connectivity index (χ3n) is 2.43. The molecule has 0 aliphatic rings. The van der Waals surface area contributed by atoms with Gasteiger partial charge in [0.25, 0.3) is 0 Å². The number of hydrogen-bond donors (Lipinski definition) is 1. The molecule has 0 aliphatic carbocycles. The van der Waals surface area contributed by atoms with Crippen LogP contribution >= 0.6 is 23.4 Å². The summed E-state index contributed by atoms with van der Waals surface area (Å²) in [5, 5.41) is 4.00. The lowest BCUT2D eigenvalue weighted by molar-refractivity contribution is -0.114. The van der Waals surface area contributed by atoms with Crippen molar-refractivity contribution in [2.24, 2.45) is 0 Å². The fraction of sp³-hybridized carbons (Fsp3) is 0.214. The Hall–Kier alpha value is -1.59. The Balaban J connectivity index is 2.13. The minimum Gasteiger partial charge on any atom is -0.326 e. The van der Waals surface area contributed by atoms with Crippen LogP contribution in [0.3, 0.4) is 0 Å². The summed E-state index contributed by atoms with van der Waals surface area (Å²) in [4.78, 5) is 20.5. The molecule has 1 aromatic heterocycles. The fourth-order valence-electron chi connectivity index (χ4n) is 1.58. The molecule has 1 N–H and O–H groups in total. The molecule has 0 bridgehead atoms. The second-order valence-corrected chi connectivity index (χ2v) is 5.59. The van der Waals surface area contributed by atoms with Crippen LogP contribution in [-0.4, -0.2) is 15.9 Å². The Kier molecular flexibility index (Phi) is 4.98. The molecule has 0 atom stereocenters. The lowest BCUT2D eigenvalue weighted by Gasteiger charge is -2.05. The van der Waals surface area contributed by atoms with Crippen LogP contribution in [0.15, 0.2) is 40.3 Å². The molecular formula is C14H14ClN3OS. The van der Waals surface area contributed by atoms with Gasteiger partial charge in [0.1, 0.15) is 16.0 Å². The van der Waals surface area contributed by atoms with Crippen molar-refractivity contribution in [1.29, 1.82) is 0 Å². The van der Waals surface area contributed by atoms with Gasteiger partial charge in [0.15, 0.2) is 0 Å². The highest BCUT2D eigenvalue weighted by Crippen LogP contribution is 2.28. The fourth-order valence-corrected chi connectivity index (χ4v) is 2.68. The number of aromatic nitrogens is 2. The highest BCUT2D eigenvalue weighted by atomic mass is 35.5. The number of benzene rings is 1. The van der Waals surface area contributed by atoms with Gasteiger partial charge in [-0.15, -0.1) is 0 Å². The first-order valence-electron chi connectivity index (χ1n) is 6.16. The maximum absolute atomic E-state index is 10.9. The Morgan fingerprint density at radius 1 is 1.30 bits per heavy atom. The molecule has 6 heteroatoms. The SMILES string of the molecule is CCc1nc(Cl)cc(Sc2ccc(NC(C)=O)cc2)n1. The zero-order chi connectivity index (χ0) is 14.5. The number of carbonyl (C=O) groups is 1. The van der Waals surface area contributed by atoms with Gasteiger partial charge >= 0.3 is 0 Å². The van der Waals surface area contributed by atoms with Crippen LogP contribution in [0.4, 0.5) is 5.69 Å². The standard InChI is InChI=1S/C14H14ClN3OS/c1-3-13-17-12(15)8-14(18-13)20-11-6-4-10(5-7-11)16-9(2)19/h4-8H,3H2,1-2H3,(H,16,19). The van der Waals surface area contributed by atoms with Gasteiger partial charge in [-0.1, -0.05) is 30.3 Å². The van der Waals surface area contributed by atoms with Crippen LogP contribution in [0.5, 0.6) is 0 Å². The predicted octanol–water partition coefficient (Wildman–Crippen LogP) is 3.80. The minimum atomic E-state index is -0.0828. The van der Waals surface area contributed by atoms with E-state index in [2.05, 4.69) is 15.3 Å². The lowest BCUT2D eigenvalue weighted by atomic mass is 10.3. The van der Waals surface area contributed by atoms with E-state index >= 15 is 0 Å². The predicted molar refractivity (Wildman–Crippen MR) is 81.3 cm³/mol. The van der Waals surface area contributed by atoms with Gasteiger partial charge in [-0.3, -0.25) is 4.79 Å². The van der Waals surface area contributed by atoms with E-state index < -0.39 is 0 Å². The number of nitrogens with zero attached hydrogens (tertiary/aromatic N) is 2. The van der Waals surface area contributed by atoms with Crippen molar-refractivity contribution in [2.75, 3.05) is 5.32 Å². The highest BCUT2D eigenvalue weighted by molar-refractivity contribution is 7.99. The molecule has 0 radical (unpaired) electrons. The van der Waals surface area contributed by atoms with Crippen molar-refractivity contribution in [3.8, 4) is 0 Å². The van der Waals surface area contributed by atoms with Gasteiger partial charge in [0, 0.05) is 30.0 Å². The second kappa shape index (κ2) is 6.72. The van der Waals surface area contributed by atoms with Crippen LogP contribution in [0.2, 0.25) is 5.15 Å². The number of carbonyl (C=O) groups excluding carboxylic acids is 1. The van der Waals surface area contributed by atoms with Gasteiger partial charge in [0.05, 0.1) is 0 Å². The summed E-state index contributed by atoms with van der Waals surface area (Å²) in [6.45, 7) is 3.47. The van der Waals surface area contributed by atoms with Crippen molar-refractivity contribution in [1.82, 2.24) is 9.97 Å². The molecule has 4 nitrogen and oxygen atoms in total. The molecule has 1 aromatic carbocycles. The number of rotatable bonds is 4. The van der Waals surface area contributed by atoms with E-state index in [0.29, 0.717) is 5.15 Å². The second-order valence-electron chi connectivity index (χ2n) is 4.11. The number of halogens is 1. The topological polar surface area (TPSA) is 54.9 Å². The monoisotopic (exact) mass is 307 g/mol. The van der Waals surface area contributed by atoms with Gasteiger partial charge < -0.3 is 5.32 Å². The molecule has 1 heterocycles. The van der Waals surface area contributed by atoms with Gasteiger partial charge in [-0.2, -0.15) is 0 Å². The summed E-state index contributed by atoms with van der Waals surface area (Å²) < 4.78 is 0. The van der Waals surface area contributed by atoms with Crippen LogP contribution in [0.25, 0.3) is 0 Å². The third-order valence-corrected chi connectivity index (χ3v) is 3.55. The van der Waals surface area contributed by atoms with Crippen molar-refractivity contribution in [2.45, 2.75) is 30.2 Å². The van der Waals surface area contributed by atoms with E-state index in [9.17, 15) is 4.79 Å². The van der Waals surface area contributed by atoms with Crippen LogP contribution in [0.1, 0.15) is 19.7 Å². The Morgan fingerprint density at radius 2 is 2.00 bits per heavy atom. The molecule has 1 amide bonds. The first-order chi connectivity index (χ1) is 9.56. The maximum Gasteiger partial charge on any atom is 0.221 e. The van der Waals surface area contributed by atoms with Crippen molar-refractivity contribution >= 4 is 35.0 Å². The van der Waals surface area contributed by atoms with Crippen molar-refractivity contribution in [3.05, 3.63) is 41.3 Å². The minimum absolute atomic E-state index is 0.0828. The van der Waals surface area contributed by atoms with E-state index in [0.717, 1.165) is 27.9 Å².